The first-order valence-electron chi connectivity index (χ1n) is 8.98. The third-order valence-electron chi connectivity index (χ3n) is 5.06. The number of piperazine rings is 1. The van der Waals surface area contributed by atoms with Gasteiger partial charge in [-0.2, -0.15) is 0 Å². The van der Waals surface area contributed by atoms with Gasteiger partial charge in [-0.1, -0.05) is 19.9 Å². The van der Waals surface area contributed by atoms with Gasteiger partial charge in [-0.25, -0.2) is 8.42 Å². The number of aryl methyl sites for hydroxylation is 1. The molecule has 2 fully saturated rings. The number of hydrogen-bond acceptors (Lipinski definition) is 5. The van der Waals surface area contributed by atoms with Crippen LogP contribution in [0, 0.1) is 5.92 Å². The van der Waals surface area contributed by atoms with E-state index in [1.54, 1.807) is 12.4 Å². The summed E-state index contributed by atoms with van der Waals surface area (Å²) in [4.78, 5) is 20.9. The Morgan fingerprint density at radius 3 is 2.72 bits per heavy atom. The summed E-state index contributed by atoms with van der Waals surface area (Å²) in [7, 11) is -3.08. The lowest BCUT2D eigenvalue weighted by Gasteiger charge is -2.44. The Kier molecular flexibility index (Phi) is 5.43. The van der Waals surface area contributed by atoms with Crippen molar-refractivity contribution in [2.24, 2.45) is 5.92 Å². The van der Waals surface area contributed by atoms with Crippen LogP contribution in [-0.2, 0) is 21.1 Å². The summed E-state index contributed by atoms with van der Waals surface area (Å²) in [6.07, 6.45) is 4.53. The van der Waals surface area contributed by atoms with Crippen LogP contribution < -0.4 is 0 Å². The molecule has 25 heavy (non-hydrogen) atoms. The van der Waals surface area contributed by atoms with Gasteiger partial charge in [-0.15, -0.1) is 0 Å². The summed E-state index contributed by atoms with van der Waals surface area (Å²) in [5.74, 6) is 0.818. The molecule has 2 aliphatic heterocycles. The van der Waals surface area contributed by atoms with E-state index in [9.17, 15) is 13.2 Å². The highest BCUT2D eigenvalue weighted by molar-refractivity contribution is 7.91. The highest BCUT2D eigenvalue weighted by atomic mass is 32.2. The Hall–Kier alpha value is -1.47. The van der Waals surface area contributed by atoms with Gasteiger partial charge in [0, 0.05) is 44.5 Å². The maximum Gasteiger partial charge on any atom is 0.223 e. The third kappa shape index (κ3) is 4.39. The van der Waals surface area contributed by atoms with Crippen LogP contribution in [0.1, 0.15) is 25.8 Å². The molecule has 1 amide bonds. The monoisotopic (exact) mass is 365 g/mol. The number of aromatic nitrogens is 1. The van der Waals surface area contributed by atoms with E-state index in [2.05, 4.69) is 23.7 Å². The van der Waals surface area contributed by atoms with Gasteiger partial charge in [0.25, 0.3) is 0 Å². The highest BCUT2D eigenvalue weighted by Crippen LogP contribution is 2.28. The van der Waals surface area contributed by atoms with Crippen LogP contribution >= 0.6 is 0 Å². The van der Waals surface area contributed by atoms with E-state index in [4.69, 9.17) is 0 Å². The second kappa shape index (κ2) is 7.41. The number of rotatable bonds is 5. The molecular weight excluding hydrogens is 338 g/mol. The lowest BCUT2D eigenvalue weighted by molar-refractivity contribution is -0.137. The molecule has 3 rings (SSSR count). The largest absolute Gasteiger partial charge is 0.336 e. The molecule has 0 saturated carbocycles. The summed E-state index contributed by atoms with van der Waals surface area (Å²) in [5.41, 5.74) is 1.03. The molecular formula is C18H27N3O3S. The van der Waals surface area contributed by atoms with E-state index < -0.39 is 9.84 Å². The van der Waals surface area contributed by atoms with E-state index in [1.165, 1.54) is 0 Å². The Morgan fingerprint density at radius 1 is 1.28 bits per heavy atom. The molecule has 0 radical (unpaired) electrons. The molecule has 2 saturated heterocycles. The van der Waals surface area contributed by atoms with Crippen molar-refractivity contribution in [2.45, 2.75) is 38.8 Å². The average molecular weight is 365 g/mol. The predicted octanol–water partition coefficient (Wildman–Crippen LogP) is 0.980. The molecule has 1 aromatic heterocycles. The lowest BCUT2D eigenvalue weighted by atomic mass is 10.0. The third-order valence-corrected chi connectivity index (χ3v) is 6.76. The second-order valence-electron chi connectivity index (χ2n) is 7.55. The fourth-order valence-electron chi connectivity index (χ4n) is 3.97. The zero-order valence-corrected chi connectivity index (χ0v) is 15.8. The van der Waals surface area contributed by atoms with Gasteiger partial charge in [-0.05, 0) is 24.0 Å². The van der Waals surface area contributed by atoms with E-state index in [-0.39, 0.29) is 29.5 Å². The van der Waals surface area contributed by atoms with Crippen molar-refractivity contribution in [1.82, 2.24) is 14.8 Å². The summed E-state index contributed by atoms with van der Waals surface area (Å²) >= 11 is 0. The van der Waals surface area contributed by atoms with Crippen molar-refractivity contribution in [1.29, 1.82) is 0 Å². The molecule has 2 atom stereocenters. The number of hydrogen-bond donors (Lipinski definition) is 0. The molecule has 138 valence electrons. The van der Waals surface area contributed by atoms with E-state index in [1.807, 2.05) is 17.0 Å². The van der Waals surface area contributed by atoms with Gasteiger partial charge in [0.15, 0.2) is 9.84 Å². The second-order valence-corrected chi connectivity index (χ2v) is 9.70. The van der Waals surface area contributed by atoms with Crippen molar-refractivity contribution in [2.75, 3.05) is 31.1 Å². The lowest BCUT2D eigenvalue weighted by Crippen LogP contribution is -2.61. The van der Waals surface area contributed by atoms with Gasteiger partial charge in [0.05, 0.1) is 17.5 Å². The average Bonchev–Trinajstić information content (AvgIpc) is 2.89. The van der Waals surface area contributed by atoms with Gasteiger partial charge >= 0.3 is 0 Å². The van der Waals surface area contributed by atoms with Gasteiger partial charge in [0.2, 0.25) is 5.91 Å². The predicted molar refractivity (Wildman–Crippen MR) is 96.9 cm³/mol. The molecule has 0 aromatic carbocycles. The molecule has 1 aromatic rings. The van der Waals surface area contributed by atoms with Crippen molar-refractivity contribution < 1.29 is 13.2 Å². The normalized spacial score (nSPS) is 26.0. The fourth-order valence-corrected chi connectivity index (χ4v) is 5.98. The first kappa shape index (κ1) is 18.3. The zero-order chi connectivity index (χ0) is 18.0. The molecule has 3 heterocycles. The van der Waals surface area contributed by atoms with Crippen LogP contribution in [0.4, 0.5) is 0 Å². The van der Waals surface area contributed by atoms with Crippen LogP contribution in [0.3, 0.4) is 0 Å². The Bertz CT molecular complexity index is 706. The summed E-state index contributed by atoms with van der Waals surface area (Å²) in [5, 5.41) is 0. The van der Waals surface area contributed by atoms with Crippen LogP contribution in [0.25, 0.3) is 0 Å². The summed E-state index contributed by atoms with van der Waals surface area (Å²) < 4.78 is 24.4. The van der Waals surface area contributed by atoms with Gasteiger partial charge in [-0.3, -0.25) is 14.7 Å². The van der Waals surface area contributed by atoms with Crippen LogP contribution in [0.15, 0.2) is 24.5 Å². The molecule has 7 heteroatoms. The van der Waals surface area contributed by atoms with Gasteiger partial charge in [0.1, 0.15) is 0 Å². The number of carbonyl (C=O) groups excluding carboxylic acids is 1. The maximum atomic E-state index is 12.7. The van der Waals surface area contributed by atoms with Crippen molar-refractivity contribution in [3.63, 3.8) is 0 Å². The molecule has 0 N–H and O–H groups in total. The topological polar surface area (TPSA) is 70.6 Å². The number of sulfone groups is 1. The summed E-state index contributed by atoms with van der Waals surface area (Å²) in [6.45, 7) is 6.55. The smallest absolute Gasteiger partial charge is 0.223 e. The first-order valence-corrected chi connectivity index (χ1v) is 10.8. The van der Waals surface area contributed by atoms with E-state index in [0.717, 1.165) is 18.7 Å². The van der Waals surface area contributed by atoms with Crippen LogP contribution in [0.2, 0.25) is 0 Å². The minimum absolute atomic E-state index is 0.0523. The quantitative estimate of drug-likeness (QED) is 0.778. The molecule has 6 nitrogen and oxygen atoms in total. The SMILES string of the molecule is CC(C)CN1CCN(C(=O)CCc2cccnc2)C2CS(=O)(=O)CC21. The highest BCUT2D eigenvalue weighted by Gasteiger charge is 2.47. The van der Waals surface area contributed by atoms with E-state index in [0.29, 0.717) is 25.3 Å². The number of nitrogens with zero attached hydrogens (tertiary/aromatic N) is 3. The summed E-state index contributed by atoms with van der Waals surface area (Å²) in [6, 6.07) is 3.58. The molecule has 2 aliphatic rings. The number of carbonyl (C=O) groups is 1. The first-order chi connectivity index (χ1) is 11.9. The van der Waals surface area contributed by atoms with E-state index >= 15 is 0 Å². The minimum atomic E-state index is -3.08. The zero-order valence-electron chi connectivity index (χ0n) is 15.0. The Morgan fingerprint density at radius 2 is 2.04 bits per heavy atom. The van der Waals surface area contributed by atoms with Crippen LogP contribution in [0.5, 0.6) is 0 Å². The fraction of sp³-hybridized carbons (Fsp3) is 0.667. The molecule has 0 bridgehead atoms. The number of amides is 1. The van der Waals surface area contributed by atoms with Crippen molar-refractivity contribution in [3.05, 3.63) is 30.1 Å². The number of pyridine rings is 1. The Labute approximate surface area is 150 Å². The van der Waals surface area contributed by atoms with Gasteiger partial charge < -0.3 is 4.90 Å². The minimum Gasteiger partial charge on any atom is -0.336 e. The van der Waals surface area contributed by atoms with Crippen LogP contribution in [-0.4, -0.2) is 72.3 Å². The molecule has 0 aliphatic carbocycles. The maximum absolute atomic E-state index is 12.7. The van der Waals surface area contributed by atoms with Crippen molar-refractivity contribution in [3.8, 4) is 0 Å². The molecule has 2 unspecified atom stereocenters. The number of fused-ring (bicyclic) bond motifs is 1. The molecule has 0 spiro atoms. The van der Waals surface area contributed by atoms with Crippen molar-refractivity contribution >= 4 is 15.7 Å². The Balaban J connectivity index is 1.68. The standard InChI is InChI=1S/C18H27N3O3S/c1-14(2)11-20-8-9-21(17-13-25(23,24)12-16(17)20)18(22)6-5-15-4-3-7-19-10-15/h3-4,7,10,14,16-17H,5-6,8-9,11-13H2,1-2H3.